The lowest BCUT2D eigenvalue weighted by molar-refractivity contribution is -0.119. The van der Waals surface area contributed by atoms with E-state index in [0.717, 1.165) is 17.2 Å². The van der Waals surface area contributed by atoms with Crippen molar-refractivity contribution in [2.75, 3.05) is 5.32 Å². The lowest BCUT2D eigenvalue weighted by atomic mass is 9.78. The number of hydrogen-bond donors (Lipinski definition) is 1. The lowest BCUT2D eigenvalue weighted by Gasteiger charge is -2.34. The predicted molar refractivity (Wildman–Crippen MR) is 181 cm³/mol. The lowest BCUT2D eigenvalue weighted by Crippen LogP contribution is -2.42. The third-order valence-corrected chi connectivity index (χ3v) is 10.3. The van der Waals surface area contributed by atoms with E-state index < -0.39 is 27.3 Å². The molecule has 0 aliphatic carbocycles. The molecule has 0 saturated carbocycles. The van der Waals surface area contributed by atoms with Gasteiger partial charge in [-0.05, 0) is 63.1 Å². The molecule has 1 unspecified atom stereocenters. The van der Waals surface area contributed by atoms with E-state index in [-0.39, 0.29) is 34.2 Å². The largest absolute Gasteiger partial charge is 0.364 e. The minimum absolute atomic E-state index is 0.0126. The number of aryl methyl sites for hydroxylation is 4. The minimum atomic E-state index is -4.06. The van der Waals surface area contributed by atoms with Crippen molar-refractivity contribution in [3.05, 3.63) is 94.7 Å². The van der Waals surface area contributed by atoms with Crippen LogP contribution in [-0.2, 0) is 27.3 Å². The van der Waals surface area contributed by atoms with E-state index in [1.54, 1.807) is 36.0 Å². The van der Waals surface area contributed by atoms with Crippen LogP contribution < -0.4 is 5.32 Å². The molecule has 9 nitrogen and oxygen atoms in total. The molecule has 0 aliphatic rings. The summed E-state index contributed by atoms with van der Waals surface area (Å²) in [6, 6.07) is 14.7. The van der Waals surface area contributed by atoms with E-state index >= 15 is 4.39 Å². The number of carbonyl (C=O) groups excluding carboxylic acids is 1. The van der Waals surface area contributed by atoms with Crippen LogP contribution in [-0.4, -0.2) is 39.0 Å². The van der Waals surface area contributed by atoms with E-state index in [1.807, 2.05) is 72.0 Å². The van der Waals surface area contributed by atoms with Gasteiger partial charge in [0, 0.05) is 54.7 Å². The van der Waals surface area contributed by atoms with Crippen LogP contribution in [0.4, 0.5) is 10.2 Å². The average molecular weight is 655 g/mol. The Hall–Kier alpha value is -4.82. The zero-order chi connectivity index (χ0) is 34.3. The van der Waals surface area contributed by atoms with Crippen LogP contribution in [0.25, 0.3) is 22.2 Å². The smallest absolute Gasteiger partial charge is 0.268 e. The van der Waals surface area contributed by atoms with Crippen molar-refractivity contribution in [2.24, 2.45) is 7.05 Å². The molecule has 11 heteroatoms. The second kappa shape index (κ2) is 12.8. The first kappa shape index (κ1) is 33.5. The van der Waals surface area contributed by atoms with Gasteiger partial charge >= 0.3 is 0 Å². The maximum Gasteiger partial charge on any atom is 0.268 e. The number of ketones is 1. The number of rotatable bonds is 11. The molecule has 0 amide bonds. The first-order valence-electron chi connectivity index (χ1n) is 15.5. The molecule has 5 aromatic rings. The normalized spacial score (nSPS) is 12.7. The Morgan fingerprint density at radius 3 is 2.40 bits per heavy atom. The quantitative estimate of drug-likeness (QED) is 0.161. The molecule has 0 aliphatic heterocycles. The minimum Gasteiger partial charge on any atom is -0.364 e. The van der Waals surface area contributed by atoms with Gasteiger partial charge in [-0.3, -0.25) is 9.48 Å². The molecule has 5 rings (SSSR count). The monoisotopic (exact) mass is 654 g/mol. The topological polar surface area (TPSA) is 123 Å². The second-order valence-corrected chi connectivity index (χ2v) is 14.6. The van der Waals surface area contributed by atoms with Crippen LogP contribution in [0.1, 0.15) is 68.0 Å². The number of aromatic nitrogens is 4. The van der Waals surface area contributed by atoms with Crippen LogP contribution in [0.5, 0.6) is 0 Å². The molecule has 1 atom stereocenters. The second-order valence-electron chi connectivity index (χ2n) is 12.7. The summed E-state index contributed by atoms with van der Waals surface area (Å²) >= 11 is 0. The maximum absolute atomic E-state index is 15.8. The Kier molecular flexibility index (Phi) is 9.11. The number of Topliss-reactive ketones (excluding diaryl/α,β-unsaturated/α-hetero) is 1. The van der Waals surface area contributed by atoms with Crippen molar-refractivity contribution in [3.63, 3.8) is 0 Å². The highest BCUT2D eigenvalue weighted by Crippen LogP contribution is 2.38. The summed E-state index contributed by atoms with van der Waals surface area (Å²) in [5.74, 6) is -0.902. The van der Waals surface area contributed by atoms with Gasteiger partial charge in [-0.1, -0.05) is 50.1 Å². The average Bonchev–Trinajstić information content (AvgIpc) is 3.63. The summed E-state index contributed by atoms with van der Waals surface area (Å²) in [5.41, 5.74) is 3.38. The molecule has 0 fully saturated rings. The van der Waals surface area contributed by atoms with Crippen LogP contribution in [0.2, 0.25) is 0 Å². The van der Waals surface area contributed by atoms with Crippen molar-refractivity contribution in [1.29, 1.82) is 5.26 Å². The van der Waals surface area contributed by atoms with Crippen LogP contribution in [0.3, 0.4) is 0 Å². The van der Waals surface area contributed by atoms with Crippen molar-refractivity contribution in [1.82, 2.24) is 18.7 Å². The zero-order valence-corrected chi connectivity index (χ0v) is 28.5. The molecule has 3 heterocycles. The summed E-state index contributed by atoms with van der Waals surface area (Å²) in [6.45, 7) is 11.4. The highest BCUT2D eigenvalue weighted by atomic mass is 32.2. The Bertz CT molecular complexity index is 2140. The number of carbonyl (C=O) groups is 1. The molecule has 1 N–H and O–H groups in total. The number of pyridine rings is 1. The molecule has 47 heavy (non-hydrogen) atoms. The van der Waals surface area contributed by atoms with Crippen LogP contribution in [0, 0.1) is 37.9 Å². The summed E-state index contributed by atoms with van der Waals surface area (Å²) in [6.07, 6.45) is 4.42. The molecule has 0 radical (unpaired) electrons. The van der Waals surface area contributed by atoms with Gasteiger partial charge in [0.15, 0.2) is 11.6 Å². The Morgan fingerprint density at radius 2 is 1.79 bits per heavy atom. The highest BCUT2D eigenvalue weighted by Gasteiger charge is 2.36. The third-order valence-electron chi connectivity index (χ3n) is 8.65. The van der Waals surface area contributed by atoms with E-state index in [1.165, 1.54) is 10.2 Å². The number of benzene rings is 2. The summed E-state index contributed by atoms with van der Waals surface area (Å²) in [4.78, 5) is 17.7. The van der Waals surface area contributed by atoms with Gasteiger partial charge in [0.1, 0.15) is 11.9 Å². The van der Waals surface area contributed by atoms with Crippen molar-refractivity contribution < 1.29 is 17.6 Å². The Balaban J connectivity index is 1.70. The number of anilines is 1. The molecule has 244 valence electrons. The van der Waals surface area contributed by atoms with E-state index in [2.05, 4.69) is 15.4 Å². The fourth-order valence-corrected chi connectivity index (χ4v) is 7.42. The van der Waals surface area contributed by atoms with Gasteiger partial charge in [-0.25, -0.2) is 21.8 Å². The first-order chi connectivity index (χ1) is 22.2. The molecule has 0 bridgehead atoms. The van der Waals surface area contributed by atoms with Gasteiger partial charge in [0.25, 0.3) is 10.0 Å². The SMILES string of the molecule is CCCC(=O)CC(Nc1nc(-c2cn(S(=O)(=O)c3ccc(C)cc3)c3c(C)cc(C)cc23)c(C#N)cc1F)C(C)(C)c1ccn(C)n1. The fourth-order valence-electron chi connectivity index (χ4n) is 5.99. The Morgan fingerprint density at radius 1 is 1.09 bits per heavy atom. The fraction of sp³-hybridized carbons (Fsp3) is 0.333. The van der Waals surface area contributed by atoms with Crippen LogP contribution in [0.15, 0.2) is 65.8 Å². The number of fused-ring (bicyclic) bond motifs is 1. The van der Waals surface area contributed by atoms with Gasteiger partial charge in [-0.2, -0.15) is 10.4 Å². The van der Waals surface area contributed by atoms with Crippen LogP contribution >= 0.6 is 0 Å². The molecular formula is C36H39FN6O3S. The van der Waals surface area contributed by atoms with E-state index in [0.29, 0.717) is 40.6 Å². The van der Waals surface area contributed by atoms with Crippen molar-refractivity contribution in [3.8, 4) is 17.3 Å². The van der Waals surface area contributed by atoms with Gasteiger partial charge in [0.2, 0.25) is 0 Å². The van der Waals surface area contributed by atoms with Gasteiger partial charge in [0.05, 0.1) is 27.4 Å². The molecule has 3 aromatic heterocycles. The number of hydrogen-bond acceptors (Lipinski definition) is 7. The predicted octanol–water partition coefficient (Wildman–Crippen LogP) is 7.13. The Labute approximate surface area is 275 Å². The molecule has 2 aromatic carbocycles. The number of nitrogens with zero attached hydrogens (tertiary/aromatic N) is 5. The number of nitrogens with one attached hydrogen (secondary N) is 1. The standard InChI is InChI=1S/C36H39FN6O3S/c1-8-9-26(44)19-32(36(5,6)31-14-15-42(7)41-31)39-35-30(37)18-25(20-38)33(40-35)29-21-43(34-24(4)16-23(3)17-28(29)34)47(45,46)27-12-10-22(2)11-13-27/h10-18,21,32H,8-9,19H2,1-7H3,(H,39,40). The van der Waals surface area contributed by atoms with Gasteiger partial charge in [-0.15, -0.1) is 0 Å². The number of halogens is 1. The molecule has 0 spiro atoms. The van der Waals surface area contributed by atoms with Crippen molar-refractivity contribution in [2.45, 2.75) is 77.2 Å². The molecule has 0 saturated heterocycles. The summed E-state index contributed by atoms with van der Waals surface area (Å²) < 4.78 is 46.7. The van der Waals surface area contributed by atoms with E-state index in [4.69, 9.17) is 0 Å². The summed E-state index contributed by atoms with van der Waals surface area (Å²) in [7, 11) is -2.26. The maximum atomic E-state index is 15.8. The summed E-state index contributed by atoms with van der Waals surface area (Å²) in [5, 5.41) is 18.5. The van der Waals surface area contributed by atoms with Gasteiger partial charge < -0.3 is 5.32 Å². The molecular weight excluding hydrogens is 616 g/mol. The third kappa shape index (κ3) is 6.43. The first-order valence-corrected chi connectivity index (χ1v) is 16.9. The zero-order valence-electron chi connectivity index (χ0n) is 27.7. The van der Waals surface area contributed by atoms with E-state index in [9.17, 15) is 18.5 Å². The number of nitriles is 1. The van der Waals surface area contributed by atoms with Crippen molar-refractivity contribution >= 4 is 32.5 Å². The highest BCUT2D eigenvalue weighted by molar-refractivity contribution is 7.90.